The molecule has 23 nitrogen and oxygen atoms in total. The maximum absolute atomic E-state index is 13.5. The van der Waals surface area contributed by atoms with Gasteiger partial charge in [0.15, 0.2) is 39.0 Å². The molecule has 6 aromatic heterocycles. The quantitative estimate of drug-likeness (QED) is 0.104. The molecule has 8 rings (SSSR count). The van der Waals surface area contributed by atoms with E-state index >= 15 is 0 Å². The van der Waals surface area contributed by atoms with Crippen molar-refractivity contribution in [3.05, 3.63) is 143 Å². The van der Waals surface area contributed by atoms with Crippen LogP contribution in [0.1, 0.15) is 65.8 Å². The van der Waals surface area contributed by atoms with Crippen LogP contribution in [0.5, 0.6) is 23.0 Å². The predicted octanol–water partition coefficient (Wildman–Crippen LogP) is 5.70. The minimum Gasteiger partial charge on any atom is -0.494 e. The van der Waals surface area contributed by atoms with E-state index in [0.717, 1.165) is 33.5 Å². The van der Waals surface area contributed by atoms with Gasteiger partial charge in [-0.05, 0) is 116 Å². The van der Waals surface area contributed by atoms with Gasteiger partial charge in [0.25, 0.3) is 0 Å². The highest BCUT2D eigenvalue weighted by Crippen LogP contribution is 2.39. The fourth-order valence-electron chi connectivity index (χ4n) is 7.16. The number of sulfonamides is 1. The van der Waals surface area contributed by atoms with E-state index in [1.165, 1.54) is 52.9 Å². The van der Waals surface area contributed by atoms with E-state index in [-0.39, 0.29) is 17.5 Å². The largest absolute Gasteiger partial charge is 0.494 e. The fraction of sp³-hybridized carbons (Fsp3) is 0.306. The number of aromatic nitrogens is 12. The number of hydrogen-bond acceptors (Lipinski definition) is 20. The van der Waals surface area contributed by atoms with Crippen molar-refractivity contribution in [1.82, 2.24) is 59.4 Å². The summed E-state index contributed by atoms with van der Waals surface area (Å²) >= 11 is 3.45. The molecule has 4 N–H and O–H groups in total. The summed E-state index contributed by atoms with van der Waals surface area (Å²) in [6.07, 6.45) is 10.2. The Morgan fingerprint density at radius 2 is 0.947 bits per heavy atom. The number of halogens is 1. The molecule has 0 saturated carbocycles. The lowest BCUT2D eigenvalue weighted by molar-refractivity contribution is 0.165. The Morgan fingerprint density at radius 3 is 1.35 bits per heavy atom. The van der Waals surface area contributed by atoms with Crippen molar-refractivity contribution in [3.63, 3.8) is 0 Å². The minimum atomic E-state index is -3.97. The second-order valence-corrected chi connectivity index (χ2v) is 21.8. The topological polar surface area (TPSA) is 310 Å². The number of nitrogens with zero attached hydrogens (tertiary/aromatic N) is 12. The highest BCUT2D eigenvalue weighted by atomic mass is 79.9. The Hall–Kier alpha value is -7.36. The molecule has 0 radical (unpaired) electrons. The Kier molecular flexibility index (Phi) is 18.8. The summed E-state index contributed by atoms with van der Waals surface area (Å²) < 4.78 is 75.1. The van der Waals surface area contributed by atoms with Crippen molar-refractivity contribution in [2.45, 2.75) is 70.0 Å². The summed E-state index contributed by atoms with van der Waals surface area (Å²) in [4.78, 5) is 24.3. The second-order valence-electron chi connectivity index (χ2n) is 16.9. The van der Waals surface area contributed by atoms with Gasteiger partial charge in [-0.25, -0.2) is 41.9 Å². The zero-order valence-corrected chi connectivity index (χ0v) is 45.8. The van der Waals surface area contributed by atoms with Gasteiger partial charge in [0, 0.05) is 60.7 Å². The smallest absolute Gasteiger partial charge is 0.214 e. The maximum atomic E-state index is 13.5. The number of hydrogen-bond donors (Lipinski definition) is 3. The molecule has 6 heterocycles. The summed E-state index contributed by atoms with van der Waals surface area (Å²) in [6.45, 7) is 10.2. The van der Waals surface area contributed by atoms with Crippen molar-refractivity contribution >= 4 is 35.8 Å². The first kappa shape index (κ1) is 56.9. The van der Waals surface area contributed by atoms with Crippen LogP contribution in [0.4, 0.5) is 0 Å². The number of para-hydroxylation sites is 2. The van der Waals surface area contributed by atoms with Gasteiger partial charge in [-0.15, -0.1) is 20.4 Å². The summed E-state index contributed by atoms with van der Waals surface area (Å²) in [5, 5.41) is 39.9. The molecule has 0 aliphatic carbocycles. The Balaban J connectivity index is 0.000000204. The maximum Gasteiger partial charge on any atom is 0.214 e. The van der Waals surface area contributed by atoms with Gasteiger partial charge >= 0.3 is 0 Å². The first-order chi connectivity index (χ1) is 35.6. The molecule has 0 unspecified atom stereocenters. The van der Waals surface area contributed by atoms with Crippen LogP contribution in [0.25, 0.3) is 34.2 Å². The lowest BCUT2D eigenvalue weighted by atomic mass is 10.2. The minimum absolute atomic E-state index is 0.0288. The van der Waals surface area contributed by atoms with Crippen LogP contribution in [0.15, 0.2) is 103 Å². The van der Waals surface area contributed by atoms with Crippen molar-refractivity contribution in [3.8, 4) is 57.1 Å². The van der Waals surface area contributed by atoms with Crippen LogP contribution in [-0.2, 0) is 25.6 Å². The number of pyridine rings is 2. The molecular weight excluding hydrogens is 1070 g/mol. The number of methoxy groups -OCH3 is 4. The van der Waals surface area contributed by atoms with E-state index in [1.807, 2.05) is 48.7 Å². The molecule has 0 spiro atoms. The molecule has 0 bridgehead atoms. The van der Waals surface area contributed by atoms with E-state index < -0.39 is 48.3 Å². The van der Waals surface area contributed by atoms with Gasteiger partial charge in [0.1, 0.15) is 57.6 Å². The van der Waals surface area contributed by atoms with Crippen LogP contribution >= 0.6 is 15.9 Å². The van der Waals surface area contributed by atoms with E-state index in [1.54, 1.807) is 75.6 Å². The normalized spacial score (nSPS) is 13.0. The molecule has 0 fully saturated rings. The third-order valence-electron chi connectivity index (χ3n) is 11.3. The number of nitrogens with two attached hydrogens (primary N) is 1. The number of aliphatic hydroxyl groups is 2. The average molecular weight is 1130 g/mol. The lowest BCUT2D eigenvalue weighted by Crippen LogP contribution is -2.32. The summed E-state index contributed by atoms with van der Waals surface area (Å²) in [6, 6.07) is 14.7. The molecule has 0 amide bonds. The third-order valence-corrected chi connectivity index (χ3v) is 15.2. The Morgan fingerprint density at radius 1 is 0.560 bits per heavy atom. The standard InChI is InChI=1S/C25H28N6O5S.C16H15BrN4O2.C8H13N3O3S/c1-15-9-18(13-26-10-15)25-30-29-21(31(25)22-19(35-4)7-6-8-20(22)36-5)14-37(33,34)17(3)23(32)24-27-11-16(2)12-28-24;1-10-7-11(9-18-8-10)15-19-20-16(17)21(15)14-12(22-2)5-4-6-13(14)23-3;1-5-3-10-8(11-4-5)7(12)6(2)15(9,13)14/h6-13,17,23,32H,14H2,1-5H3;4-9H,1-3H3;3-4,6-7,12H,1-2H3,(H2,9,13,14)/t17-,23-;;6-,7-/m0.0/s1. The molecule has 26 heteroatoms. The lowest BCUT2D eigenvalue weighted by Gasteiger charge is -2.20. The number of benzene rings is 2. The van der Waals surface area contributed by atoms with Gasteiger partial charge in [0.05, 0.1) is 33.7 Å². The van der Waals surface area contributed by atoms with Crippen LogP contribution in [0, 0.1) is 27.7 Å². The van der Waals surface area contributed by atoms with E-state index in [2.05, 4.69) is 66.2 Å². The van der Waals surface area contributed by atoms with Crippen molar-refractivity contribution in [2.24, 2.45) is 5.14 Å². The number of aliphatic hydroxyl groups excluding tert-OH is 2. The highest BCUT2D eigenvalue weighted by Gasteiger charge is 2.34. The van der Waals surface area contributed by atoms with Crippen molar-refractivity contribution < 1.29 is 46.0 Å². The number of sulfone groups is 1. The van der Waals surface area contributed by atoms with Gasteiger partial charge in [-0.2, -0.15) is 0 Å². The molecule has 4 atom stereocenters. The fourth-order valence-corrected chi connectivity index (χ4v) is 9.39. The molecule has 0 aliphatic rings. The highest BCUT2D eigenvalue weighted by molar-refractivity contribution is 9.10. The van der Waals surface area contributed by atoms with Gasteiger partial charge in [-0.3, -0.25) is 19.1 Å². The van der Waals surface area contributed by atoms with Crippen LogP contribution in [0.2, 0.25) is 0 Å². The second kappa shape index (κ2) is 24.8. The monoisotopic (exact) mass is 1130 g/mol. The van der Waals surface area contributed by atoms with Crippen LogP contribution in [-0.4, -0.2) is 125 Å². The van der Waals surface area contributed by atoms with Gasteiger partial charge in [-0.1, -0.05) is 12.1 Å². The SMILES string of the molecule is COc1cccc(OC)c1-n1c(Br)nnc1-c1cncc(C)c1.COc1cccc(OC)c1-n1c(CS(=O)(=O)[C@@H](C)[C@H](O)c2ncc(C)cn2)nnc1-c1cncc(C)c1.Cc1cnc([C@@H](O)[C@H](C)S(N)(=O)=O)nc1. The van der Waals surface area contributed by atoms with Gasteiger partial charge < -0.3 is 29.2 Å². The summed E-state index contributed by atoms with van der Waals surface area (Å²) in [5.41, 5.74) is 6.21. The van der Waals surface area contributed by atoms with Crippen molar-refractivity contribution in [1.29, 1.82) is 0 Å². The Bertz CT molecular complexity index is 3410. The molecule has 0 saturated heterocycles. The summed E-state index contributed by atoms with van der Waals surface area (Å²) in [5.74, 6) is 2.87. The molecule has 0 aliphatic heterocycles. The molecule has 75 heavy (non-hydrogen) atoms. The summed E-state index contributed by atoms with van der Waals surface area (Å²) in [7, 11) is -1.51. The van der Waals surface area contributed by atoms with E-state index in [0.29, 0.717) is 50.6 Å². The molecule has 8 aromatic rings. The first-order valence-electron chi connectivity index (χ1n) is 22.6. The average Bonchev–Trinajstić information content (AvgIpc) is 3.99. The Labute approximate surface area is 442 Å². The van der Waals surface area contributed by atoms with E-state index in [9.17, 15) is 27.0 Å². The molecular formula is C49H56BrN13O10S2. The molecule has 2 aromatic carbocycles. The predicted molar refractivity (Wildman–Crippen MR) is 281 cm³/mol. The van der Waals surface area contributed by atoms with Crippen LogP contribution in [0.3, 0.4) is 0 Å². The van der Waals surface area contributed by atoms with Crippen LogP contribution < -0.4 is 24.1 Å². The van der Waals surface area contributed by atoms with Gasteiger partial charge in [0.2, 0.25) is 14.8 Å². The number of primary sulfonamides is 1. The number of rotatable bonds is 16. The van der Waals surface area contributed by atoms with E-state index in [4.69, 9.17) is 24.1 Å². The third kappa shape index (κ3) is 13.5. The molecule has 396 valence electrons. The zero-order valence-electron chi connectivity index (χ0n) is 42.6. The first-order valence-corrected chi connectivity index (χ1v) is 26.7. The number of aryl methyl sites for hydroxylation is 4. The number of ether oxygens (including phenoxy) is 4. The van der Waals surface area contributed by atoms with Crippen molar-refractivity contribution in [2.75, 3.05) is 28.4 Å². The zero-order chi connectivity index (χ0) is 54.8.